The van der Waals surface area contributed by atoms with Crippen LogP contribution in [0.4, 0.5) is 0 Å². The van der Waals surface area contributed by atoms with Gasteiger partial charge in [-0.3, -0.25) is 4.79 Å². The number of rotatable bonds is 7. The molecule has 0 radical (unpaired) electrons. The molecule has 3 unspecified atom stereocenters. The lowest BCUT2D eigenvalue weighted by Crippen LogP contribution is -2.29. The minimum absolute atomic E-state index is 0.0941. The standard InChI is InChI=1S/C20H36O2/c1-3-4-10-18-11-12-19(15-16(18)2)20(21)22-14-13-17-8-6-5-7-9-17/h16-19H,3-15H2,1-2H3. The van der Waals surface area contributed by atoms with Gasteiger partial charge in [-0.25, -0.2) is 0 Å². The first kappa shape index (κ1) is 17.8. The second-order valence-corrected chi connectivity index (χ2v) is 7.85. The van der Waals surface area contributed by atoms with Gasteiger partial charge in [0.05, 0.1) is 12.5 Å². The van der Waals surface area contributed by atoms with Gasteiger partial charge >= 0.3 is 5.97 Å². The third-order valence-electron chi connectivity index (χ3n) is 6.10. The first-order valence-corrected chi connectivity index (χ1v) is 9.87. The molecule has 0 heterocycles. The molecular formula is C20H36O2. The first-order valence-electron chi connectivity index (χ1n) is 9.87. The zero-order valence-corrected chi connectivity index (χ0v) is 14.8. The van der Waals surface area contributed by atoms with Crippen molar-refractivity contribution in [1.29, 1.82) is 0 Å². The van der Waals surface area contributed by atoms with Crippen LogP contribution < -0.4 is 0 Å². The van der Waals surface area contributed by atoms with E-state index in [1.165, 1.54) is 57.8 Å². The summed E-state index contributed by atoms with van der Waals surface area (Å²) < 4.78 is 5.61. The van der Waals surface area contributed by atoms with Gasteiger partial charge in [0, 0.05) is 0 Å². The van der Waals surface area contributed by atoms with Crippen LogP contribution >= 0.6 is 0 Å². The fourth-order valence-electron chi connectivity index (χ4n) is 4.49. The number of carbonyl (C=O) groups excluding carboxylic acids is 1. The zero-order valence-electron chi connectivity index (χ0n) is 14.8. The highest BCUT2D eigenvalue weighted by molar-refractivity contribution is 5.72. The van der Waals surface area contributed by atoms with E-state index in [2.05, 4.69) is 13.8 Å². The summed E-state index contributed by atoms with van der Waals surface area (Å²) in [5.74, 6) is 2.61. The van der Waals surface area contributed by atoms with Crippen molar-refractivity contribution in [2.45, 2.75) is 90.9 Å². The molecule has 0 saturated heterocycles. The molecule has 2 rings (SSSR count). The van der Waals surface area contributed by atoms with Gasteiger partial charge in [0.25, 0.3) is 0 Å². The molecule has 22 heavy (non-hydrogen) atoms. The average molecular weight is 309 g/mol. The Hall–Kier alpha value is -0.530. The molecule has 0 bridgehead atoms. The maximum Gasteiger partial charge on any atom is 0.308 e. The maximum absolute atomic E-state index is 12.3. The molecule has 0 spiro atoms. The van der Waals surface area contributed by atoms with Crippen LogP contribution in [0.1, 0.15) is 90.9 Å². The van der Waals surface area contributed by atoms with Gasteiger partial charge in [0.2, 0.25) is 0 Å². The topological polar surface area (TPSA) is 26.3 Å². The maximum atomic E-state index is 12.3. The Bertz CT molecular complexity index is 320. The average Bonchev–Trinajstić information content (AvgIpc) is 2.54. The molecule has 2 aliphatic rings. The summed E-state index contributed by atoms with van der Waals surface area (Å²) in [5, 5.41) is 0. The molecule has 2 heteroatoms. The SMILES string of the molecule is CCCCC1CCC(C(=O)OCCC2CCCCC2)CC1C. The Kier molecular flexibility index (Phi) is 7.75. The highest BCUT2D eigenvalue weighted by atomic mass is 16.5. The van der Waals surface area contributed by atoms with E-state index < -0.39 is 0 Å². The van der Waals surface area contributed by atoms with E-state index in [0.717, 1.165) is 31.1 Å². The quantitative estimate of drug-likeness (QED) is 0.560. The van der Waals surface area contributed by atoms with Crippen LogP contribution in [0.25, 0.3) is 0 Å². The minimum Gasteiger partial charge on any atom is -0.465 e. The Morgan fingerprint density at radius 3 is 2.50 bits per heavy atom. The smallest absolute Gasteiger partial charge is 0.308 e. The Morgan fingerprint density at radius 1 is 1.05 bits per heavy atom. The molecule has 0 aromatic heterocycles. The molecule has 2 fully saturated rings. The molecule has 2 nitrogen and oxygen atoms in total. The highest BCUT2D eigenvalue weighted by Gasteiger charge is 2.31. The van der Waals surface area contributed by atoms with Crippen LogP contribution in [0.3, 0.4) is 0 Å². The second kappa shape index (κ2) is 9.57. The third-order valence-corrected chi connectivity index (χ3v) is 6.10. The van der Waals surface area contributed by atoms with E-state index in [9.17, 15) is 4.79 Å². The predicted molar refractivity (Wildman–Crippen MR) is 91.7 cm³/mol. The lowest BCUT2D eigenvalue weighted by Gasteiger charge is -2.33. The molecule has 0 aromatic carbocycles. The second-order valence-electron chi connectivity index (χ2n) is 7.85. The van der Waals surface area contributed by atoms with E-state index in [1.807, 2.05) is 0 Å². The summed E-state index contributed by atoms with van der Waals surface area (Å²) in [6.07, 6.45) is 15.2. The van der Waals surface area contributed by atoms with Crippen LogP contribution in [0.15, 0.2) is 0 Å². The van der Waals surface area contributed by atoms with E-state index in [-0.39, 0.29) is 11.9 Å². The first-order chi connectivity index (χ1) is 10.7. The molecule has 2 aliphatic carbocycles. The lowest BCUT2D eigenvalue weighted by molar-refractivity contribution is -0.151. The van der Waals surface area contributed by atoms with Gasteiger partial charge in [0.15, 0.2) is 0 Å². The Morgan fingerprint density at radius 2 is 1.82 bits per heavy atom. The summed E-state index contributed by atoms with van der Waals surface area (Å²) >= 11 is 0. The van der Waals surface area contributed by atoms with Crippen LogP contribution in [-0.4, -0.2) is 12.6 Å². The van der Waals surface area contributed by atoms with Gasteiger partial charge in [-0.05, 0) is 43.4 Å². The lowest BCUT2D eigenvalue weighted by atomic mass is 9.73. The number of hydrogen-bond donors (Lipinski definition) is 0. The molecular weight excluding hydrogens is 272 g/mol. The number of carbonyl (C=O) groups is 1. The number of ether oxygens (including phenoxy) is 1. The Labute approximate surface area is 137 Å². The van der Waals surface area contributed by atoms with Crippen LogP contribution in [0.5, 0.6) is 0 Å². The van der Waals surface area contributed by atoms with Gasteiger partial charge in [-0.15, -0.1) is 0 Å². The van der Waals surface area contributed by atoms with E-state index in [4.69, 9.17) is 4.74 Å². The Balaban J connectivity index is 1.63. The molecule has 0 amide bonds. The predicted octanol–water partition coefficient (Wildman–Crippen LogP) is 5.74. The summed E-state index contributed by atoms with van der Waals surface area (Å²) in [6, 6.07) is 0. The molecule has 3 atom stereocenters. The van der Waals surface area contributed by atoms with Crippen molar-refractivity contribution in [3.63, 3.8) is 0 Å². The van der Waals surface area contributed by atoms with Crippen molar-refractivity contribution < 1.29 is 9.53 Å². The number of hydrogen-bond acceptors (Lipinski definition) is 2. The summed E-state index contributed by atoms with van der Waals surface area (Å²) in [7, 11) is 0. The molecule has 128 valence electrons. The normalized spacial score (nSPS) is 30.2. The van der Waals surface area contributed by atoms with Crippen molar-refractivity contribution in [1.82, 2.24) is 0 Å². The monoisotopic (exact) mass is 308 g/mol. The fourth-order valence-corrected chi connectivity index (χ4v) is 4.49. The zero-order chi connectivity index (χ0) is 15.8. The summed E-state index contributed by atoms with van der Waals surface area (Å²) in [4.78, 5) is 12.3. The largest absolute Gasteiger partial charge is 0.465 e. The molecule has 0 aromatic rings. The van der Waals surface area contributed by atoms with Crippen LogP contribution in [0, 0.1) is 23.7 Å². The van der Waals surface area contributed by atoms with Gasteiger partial charge in [-0.2, -0.15) is 0 Å². The fraction of sp³-hybridized carbons (Fsp3) is 0.950. The molecule has 0 aliphatic heterocycles. The number of esters is 1. The van der Waals surface area contributed by atoms with Crippen molar-refractivity contribution in [2.24, 2.45) is 23.7 Å². The van der Waals surface area contributed by atoms with Crippen LogP contribution in [0.2, 0.25) is 0 Å². The highest BCUT2D eigenvalue weighted by Crippen LogP contribution is 2.37. The van der Waals surface area contributed by atoms with Gasteiger partial charge in [-0.1, -0.05) is 65.2 Å². The van der Waals surface area contributed by atoms with Gasteiger partial charge < -0.3 is 4.74 Å². The van der Waals surface area contributed by atoms with E-state index in [0.29, 0.717) is 12.5 Å². The van der Waals surface area contributed by atoms with E-state index >= 15 is 0 Å². The number of unbranched alkanes of at least 4 members (excludes halogenated alkanes) is 1. The van der Waals surface area contributed by atoms with E-state index in [1.54, 1.807) is 0 Å². The van der Waals surface area contributed by atoms with Gasteiger partial charge in [0.1, 0.15) is 0 Å². The minimum atomic E-state index is 0.0941. The van der Waals surface area contributed by atoms with Crippen molar-refractivity contribution in [2.75, 3.05) is 6.61 Å². The van der Waals surface area contributed by atoms with Crippen molar-refractivity contribution in [3.8, 4) is 0 Å². The van der Waals surface area contributed by atoms with Crippen LogP contribution in [-0.2, 0) is 9.53 Å². The van der Waals surface area contributed by atoms with Crippen molar-refractivity contribution >= 4 is 5.97 Å². The molecule has 2 saturated carbocycles. The summed E-state index contributed by atoms with van der Waals surface area (Å²) in [5.41, 5.74) is 0. The summed E-state index contributed by atoms with van der Waals surface area (Å²) in [6.45, 7) is 5.26. The molecule has 0 N–H and O–H groups in total. The van der Waals surface area contributed by atoms with Crippen molar-refractivity contribution in [3.05, 3.63) is 0 Å². The third kappa shape index (κ3) is 5.59.